The Labute approximate surface area is 77.2 Å². The van der Waals surface area contributed by atoms with Crippen LogP contribution in [-0.2, 0) is 4.79 Å². The van der Waals surface area contributed by atoms with E-state index in [2.05, 4.69) is 4.98 Å². The number of carboxylic acid groups (broad SMARTS) is 1. The van der Waals surface area contributed by atoms with Crippen LogP contribution < -0.4 is 0 Å². The fourth-order valence-electron chi connectivity index (χ4n) is 1.37. The number of imidazole rings is 1. The molecule has 13 heavy (non-hydrogen) atoms. The molecule has 1 unspecified atom stereocenters. The summed E-state index contributed by atoms with van der Waals surface area (Å²) in [6.07, 6.45) is 4.84. The number of carboxylic acids is 1. The molecule has 0 radical (unpaired) electrons. The van der Waals surface area contributed by atoms with Gasteiger partial charge in [-0.3, -0.25) is 0 Å². The van der Waals surface area contributed by atoms with E-state index in [1.807, 2.05) is 13.8 Å². The molecule has 4 heteroatoms. The molecule has 4 nitrogen and oxygen atoms in total. The highest BCUT2D eigenvalue weighted by molar-refractivity contribution is 5.71. The topological polar surface area (TPSA) is 55.1 Å². The number of aryl methyl sites for hydroxylation is 1. The minimum Gasteiger partial charge on any atom is -0.480 e. The van der Waals surface area contributed by atoms with Gasteiger partial charge in [0.25, 0.3) is 0 Å². The van der Waals surface area contributed by atoms with Gasteiger partial charge in [-0.05, 0) is 13.3 Å². The van der Waals surface area contributed by atoms with Crippen LogP contribution in [0.5, 0.6) is 0 Å². The Kier molecular flexibility index (Phi) is 3.06. The summed E-state index contributed by atoms with van der Waals surface area (Å²) in [6, 6.07) is -0.465. The third-order valence-corrected chi connectivity index (χ3v) is 2.05. The van der Waals surface area contributed by atoms with E-state index < -0.39 is 12.0 Å². The highest BCUT2D eigenvalue weighted by atomic mass is 16.4. The maximum absolute atomic E-state index is 10.9. The molecule has 0 aliphatic heterocycles. The first-order chi connectivity index (χ1) is 6.16. The van der Waals surface area contributed by atoms with Crippen LogP contribution in [0.1, 0.15) is 31.6 Å². The van der Waals surface area contributed by atoms with Crippen molar-refractivity contribution >= 4 is 5.97 Å². The van der Waals surface area contributed by atoms with Gasteiger partial charge in [0.1, 0.15) is 11.9 Å². The lowest BCUT2D eigenvalue weighted by Gasteiger charge is -2.14. The van der Waals surface area contributed by atoms with Crippen molar-refractivity contribution in [3.8, 4) is 0 Å². The van der Waals surface area contributed by atoms with E-state index >= 15 is 0 Å². The summed E-state index contributed by atoms with van der Waals surface area (Å²) in [5, 5.41) is 8.95. The average molecular weight is 182 g/mol. The molecule has 0 aromatic carbocycles. The SMILES string of the molecule is CCCC(C(=O)O)n1ccnc1C. The summed E-state index contributed by atoms with van der Waals surface area (Å²) < 4.78 is 1.70. The van der Waals surface area contributed by atoms with Crippen LogP contribution in [0, 0.1) is 6.92 Å². The maximum atomic E-state index is 10.9. The normalized spacial score (nSPS) is 12.8. The molecule has 0 aliphatic rings. The second-order valence-electron chi connectivity index (χ2n) is 3.02. The molecule has 1 heterocycles. The van der Waals surface area contributed by atoms with Crippen molar-refractivity contribution in [3.63, 3.8) is 0 Å². The summed E-state index contributed by atoms with van der Waals surface area (Å²) in [6.45, 7) is 3.79. The van der Waals surface area contributed by atoms with Gasteiger partial charge >= 0.3 is 5.97 Å². The van der Waals surface area contributed by atoms with Gasteiger partial charge in [-0.2, -0.15) is 0 Å². The first kappa shape index (κ1) is 9.77. The number of aromatic nitrogens is 2. The monoisotopic (exact) mass is 182 g/mol. The minimum absolute atomic E-state index is 0.465. The molecular formula is C9H14N2O2. The molecule has 0 saturated heterocycles. The van der Waals surface area contributed by atoms with Crippen molar-refractivity contribution < 1.29 is 9.90 Å². The van der Waals surface area contributed by atoms with Crippen molar-refractivity contribution in [2.45, 2.75) is 32.7 Å². The van der Waals surface area contributed by atoms with Gasteiger partial charge in [0.2, 0.25) is 0 Å². The standard InChI is InChI=1S/C9H14N2O2/c1-3-4-8(9(12)13)11-6-5-10-7(11)2/h5-6,8H,3-4H2,1-2H3,(H,12,13). The maximum Gasteiger partial charge on any atom is 0.326 e. The van der Waals surface area contributed by atoms with Gasteiger partial charge in [-0.15, -0.1) is 0 Å². The summed E-state index contributed by atoms with van der Waals surface area (Å²) in [5.41, 5.74) is 0. The summed E-state index contributed by atoms with van der Waals surface area (Å²) in [4.78, 5) is 14.9. The van der Waals surface area contributed by atoms with Gasteiger partial charge in [0.15, 0.2) is 0 Å². The first-order valence-corrected chi connectivity index (χ1v) is 4.39. The van der Waals surface area contributed by atoms with Crippen LogP contribution in [-0.4, -0.2) is 20.6 Å². The van der Waals surface area contributed by atoms with Gasteiger partial charge in [0, 0.05) is 12.4 Å². The zero-order valence-corrected chi connectivity index (χ0v) is 7.90. The van der Waals surface area contributed by atoms with Crippen molar-refractivity contribution in [1.82, 2.24) is 9.55 Å². The van der Waals surface area contributed by atoms with E-state index in [1.165, 1.54) is 0 Å². The summed E-state index contributed by atoms with van der Waals surface area (Å²) in [5.74, 6) is -0.0381. The van der Waals surface area contributed by atoms with Gasteiger partial charge < -0.3 is 9.67 Å². The molecule has 1 atom stereocenters. The Balaban J connectivity index is 2.88. The fraction of sp³-hybridized carbons (Fsp3) is 0.556. The molecule has 0 fully saturated rings. The number of carbonyl (C=O) groups is 1. The van der Waals surface area contributed by atoms with Gasteiger partial charge in [0.05, 0.1) is 0 Å². The Morgan fingerprint density at radius 3 is 2.85 bits per heavy atom. The molecular weight excluding hydrogens is 168 g/mol. The molecule has 72 valence electrons. The number of rotatable bonds is 4. The molecule has 0 bridgehead atoms. The lowest BCUT2D eigenvalue weighted by atomic mass is 10.1. The highest BCUT2D eigenvalue weighted by Crippen LogP contribution is 2.15. The van der Waals surface area contributed by atoms with Crippen LogP contribution in [0.2, 0.25) is 0 Å². The molecule has 0 amide bonds. The lowest BCUT2D eigenvalue weighted by Crippen LogP contribution is -2.19. The van der Waals surface area contributed by atoms with Crippen molar-refractivity contribution in [3.05, 3.63) is 18.2 Å². The molecule has 1 rings (SSSR count). The van der Waals surface area contributed by atoms with Crippen LogP contribution in [0.3, 0.4) is 0 Å². The van der Waals surface area contributed by atoms with Crippen LogP contribution >= 0.6 is 0 Å². The second-order valence-corrected chi connectivity index (χ2v) is 3.02. The molecule has 0 aliphatic carbocycles. The van der Waals surface area contributed by atoms with E-state index in [1.54, 1.807) is 17.0 Å². The van der Waals surface area contributed by atoms with Crippen molar-refractivity contribution in [2.24, 2.45) is 0 Å². The van der Waals surface area contributed by atoms with E-state index in [9.17, 15) is 4.79 Å². The highest BCUT2D eigenvalue weighted by Gasteiger charge is 2.18. The first-order valence-electron chi connectivity index (χ1n) is 4.39. The molecule has 0 saturated carbocycles. The second kappa shape index (κ2) is 4.07. The molecule has 1 N–H and O–H groups in total. The summed E-state index contributed by atoms with van der Waals surface area (Å²) >= 11 is 0. The largest absolute Gasteiger partial charge is 0.480 e. The molecule has 0 spiro atoms. The van der Waals surface area contributed by atoms with Crippen LogP contribution in [0.25, 0.3) is 0 Å². The average Bonchev–Trinajstić information content (AvgIpc) is 2.47. The van der Waals surface area contributed by atoms with Crippen molar-refractivity contribution in [1.29, 1.82) is 0 Å². The van der Waals surface area contributed by atoms with Crippen LogP contribution in [0.4, 0.5) is 0 Å². The predicted molar refractivity (Wildman–Crippen MR) is 48.5 cm³/mol. The van der Waals surface area contributed by atoms with E-state index in [-0.39, 0.29) is 0 Å². The quantitative estimate of drug-likeness (QED) is 0.769. The Morgan fingerprint density at radius 1 is 1.77 bits per heavy atom. The fourth-order valence-corrected chi connectivity index (χ4v) is 1.37. The van der Waals surface area contributed by atoms with Crippen LogP contribution in [0.15, 0.2) is 12.4 Å². The number of hydrogen-bond acceptors (Lipinski definition) is 2. The Hall–Kier alpha value is -1.32. The minimum atomic E-state index is -0.789. The third-order valence-electron chi connectivity index (χ3n) is 2.05. The van der Waals surface area contributed by atoms with Gasteiger partial charge in [-0.25, -0.2) is 9.78 Å². The number of aliphatic carboxylic acids is 1. The van der Waals surface area contributed by atoms with Crippen molar-refractivity contribution in [2.75, 3.05) is 0 Å². The Morgan fingerprint density at radius 2 is 2.46 bits per heavy atom. The Bertz CT molecular complexity index is 294. The zero-order chi connectivity index (χ0) is 9.84. The smallest absolute Gasteiger partial charge is 0.326 e. The third kappa shape index (κ3) is 2.08. The van der Waals surface area contributed by atoms with Gasteiger partial charge in [-0.1, -0.05) is 13.3 Å². The predicted octanol–water partition coefficient (Wildman–Crippen LogP) is 1.62. The number of nitrogens with zero attached hydrogens (tertiary/aromatic N) is 2. The van der Waals surface area contributed by atoms with E-state index in [4.69, 9.17) is 5.11 Å². The zero-order valence-electron chi connectivity index (χ0n) is 7.90. The molecule has 1 aromatic rings. The molecule has 1 aromatic heterocycles. The van der Waals surface area contributed by atoms with E-state index in [0.29, 0.717) is 6.42 Å². The summed E-state index contributed by atoms with van der Waals surface area (Å²) in [7, 11) is 0. The number of hydrogen-bond donors (Lipinski definition) is 1. The van der Waals surface area contributed by atoms with E-state index in [0.717, 1.165) is 12.2 Å². The lowest BCUT2D eigenvalue weighted by molar-refractivity contribution is -0.141.